The third kappa shape index (κ3) is 4.57. The standard InChI is InChI=1S/C15H14BrNO4S/c1-21-15(18)12-3-2-4-14(9-12)17-22(19,20)10-11-5-7-13(16)8-6-11/h2-9,17H,10H2,1H3. The molecular formula is C15H14BrNO4S. The summed E-state index contributed by atoms with van der Waals surface area (Å²) < 4.78 is 32.3. The molecule has 0 spiro atoms. The van der Waals surface area contributed by atoms with Gasteiger partial charge >= 0.3 is 5.97 Å². The minimum Gasteiger partial charge on any atom is -0.465 e. The number of methoxy groups -OCH3 is 1. The maximum absolute atomic E-state index is 12.2. The molecule has 2 aromatic carbocycles. The molecule has 0 unspecified atom stereocenters. The summed E-state index contributed by atoms with van der Waals surface area (Å²) in [5.41, 5.74) is 1.27. The van der Waals surface area contributed by atoms with Gasteiger partial charge in [-0.05, 0) is 35.9 Å². The molecule has 0 saturated heterocycles. The molecule has 2 rings (SSSR count). The van der Waals surface area contributed by atoms with Crippen LogP contribution in [-0.4, -0.2) is 21.5 Å². The number of halogens is 1. The zero-order valence-corrected chi connectivity index (χ0v) is 14.1. The number of carbonyl (C=O) groups is 1. The second-order valence-corrected chi connectivity index (χ2v) is 7.20. The Morgan fingerprint density at radius 3 is 2.50 bits per heavy atom. The number of rotatable bonds is 5. The van der Waals surface area contributed by atoms with Crippen molar-refractivity contribution in [1.29, 1.82) is 0 Å². The van der Waals surface area contributed by atoms with Crippen molar-refractivity contribution in [3.05, 3.63) is 64.1 Å². The first-order chi connectivity index (χ1) is 10.4. The Labute approximate surface area is 137 Å². The van der Waals surface area contributed by atoms with Gasteiger partial charge in [0.25, 0.3) is 0 Å². The monoisotopic (exact) mass is 383 g/mol. The molecule has 7 heteroatoms. The average molecular weight is 384 g/mol. The van der Waals surface area contributed by atoms with Crippen molar-refractivity contribution in [3.63, 3.8) is 0 Å². The molecule has 0 saturated carbocycles. The van der Waals surface area contributed by atoms with Crippen molar-refractivity contribution in [3.8, 4) is 0 Å². The van der Waals surface area contributed by atoms with Gasteiger partial charge in [-0.15, -0.1) is 0 Å². The van der Waals surface area contributed by atoms with E-state index in [1.54, 1.807) is 42.5 Å². The van der Waals surface area contributed by atoms with Crippen LogP contribution in [0.3, 0.4) is 0 Å². The Morgan fingerprint density at radius 1 is 1.18 bits per heavy atom. The van der Waals surface area contributed by atoms with E-state index in [-0.39, 0.29) is 11.3 Å². The number of sulfonamides is 1. The molecule has 2 aromatic rings. The second-order valence-electron chi connectivity index (χ2n) is 4.56. The Balaban J connectivity index is 2.15. The first-order valence-corrected chi connectivity index (χ1v) is 8.77. The average Bonchev–Trinajstić information content (AvgIpc) is 2.48. The van der Waals surface area contributed by atoms with Crippen LogP contribution < -0.4 is 4.72 Å². The fraction of sp³-hybridized carbons (Fsp3) is 0.133. The Bertz CT molecular complexity index is 772. The van der Waals surface area contributed by atoms with Crippen molar-refractivity contribution in [2.75, 3.05) is 11.8 Å². The number of nitrogens with one attached hydrogen (secondary N) is 1. The molecule has 1 N–H and O–H groups in total. The summed E-state index contributed by atoms with van der Waals surface area (Å²) >= 11 is 3.30. The number of hydrogen-bond acceptors (Lipinski definition) is 4. The molecule has 0 radical (unpaired) electrons. The predicted molar refractivity (Wildman–Crippen MR) is 88.2 cm³/mol. The van der Waals surface area contributed by atoms with Crippen LogP contribution in [0.15, 0.2) is 53.0 Å². The maximum Gasteiger partial charge on any atom is 0.337 e. The summed E-state index contributed by atoms with van der Waals surface area (Å²) in [4.78, 5) is 11.5. The smallest absolute Gasteiger partial charge is 0.337 e. The molecule has 0 aliphatic carbocycles. The summed E-state index contributed by atoms with van der Waals surface area (Å²) in [6, 6.07) is 13.2. The minimum absolute atomic E-state index is 0.150. The van der Waals surface area contributed by atoms with E-state index in [1.807, 2.05) is 0 Å². The highest BCUT2D eigenvalue weighted by Gasteiger charge is 2.13. The van der Waals surface area contributed by atoms with Gasteiger partial charge in [-0.1, -0.05) is 34.1 Å². The van der Waals surface area contributed by atoms with Crippen molar-refractivity contribution in [2.24, 2.45) is 0 Å². The van der Waals surface area contributed by atoms with E-state index in [9.17, 15) is 13.2 Å². The van der Waals surface area contributed by atoms with Crippen LogP contribution in [0.1, 0.15) is 15.9 Å². The van der Waals surface area contributed by atoms with Crippen molar-refractivity contribution in [2.45, 2.75) is 5.75 Å². The third-order valence-corrected chi connectivity index (χ3v) is 4.62. The predicted octanol–water partition coefficient (Wildman–Crippen LogP) is 3.18. The lowest BCUT2D eigenvalue weighted by atomic mass is 10.2. The van der Waals surface area contributed by atoms with Crippen LogP contribution in [0.4, 0.5) is 5.69 Å². The van der Waals surface area contributed by atoms with Gasteiger partial charge in [-0.3, -0.25) is 4.72 Å². The largest absolute Gasteiger partial charge is 0.465 e. The van der Waals surface area contributed by atoms with Gasteiger partial charge in [-0.25, -0.2) is 13.2 Å². The molecule has 0 bridgehead atoms. The fourth-order valence-electron chi connectivity index (χ4n) is 1.84. The van der Waals surface area contributed by atoms with Crippen molar-refractivity contribution in [1.82, 2.24) is 0 Å². The van der Waals surface area contributed by atoms with Gasteiger partial charge in [0.05, 0.1) is 18.4 Å². The van der Waals surface area contributed by atoms with Gasteiger partial charge in [0.1, 0.15) is 0 Å². The van der Waals surface area contributed by atoms with E-state index in [4.69, 9.17) is 0 Å². The Morgan fingerprint density at radius 2 is 1.86 bits per heavy atom. The van der Waals surface area contributed by atoms with E-state index in [2.05, 4.69) is 25.4 Å². The highest BCUT2D eigenvalue weighted by molar-refractivity contribution is 9.10. The number of carbonyl (C=O) groups excluding carboxylic acids is 1. The van der Waals surface area contributed by atoms with E-state index >= 15 is 0 Å². The van der Waals surface area contributed by atoms with Gasteiger partial charge in [0.15, 0.2) is 0 Å². The summed E-state index contributed by atoms with van der Waals surface area (Å²) in [5.74, 6) is -0.670. The molecule has 116 valence electrons. The number of anilines is 1. The van der Waals surface area contributed by atoms with Crippen molar-refractivity contribution >= 4 is 37.6 Å². The van der Waals surface area contributed by atoms with Gasteiger partial charge in [0, 0.05) is 10.2 Å². The summed E-state index contributed by atoms with van der Waals surface area (Å²) in [6.45, 7) is 0. The first-order valence-electron chi connectivity index (χ1n) is 6.33. The lowest BCUT2D eigenvalue weighted by molar-refractivity contribution is 0.0601. The van der Waals surface area contributed by atoms with E-state index in [0.29, 0.717) is 11.3 Å². The number of benzene rings is 2. The molecule has 0 aromatic heterocycles. The van der Waals surface area contributed by atoms with Gasteiger partial charge in [-0.2, -0.15) is 0 Å². The lowest BCUT2D eigenvalue weighted by Crippen LogP contribution is -2.15. The molecule has 0 aliphatic heterocycles. The second kappa shape index (κ2) is 6.93. The molecule has 0 fully saturated rings. The lowest BCUT2D eigenvalue weighted by Gasteiger charge is -2.09. The third-order valence-electron chi connectivity index (χ3n) is 2.83. The minimum atomic E-state index is -3.57. The van der Waals surface area contributed by atoms with Crippen LogP contribution in [-0.2, 0) is 20.5 Å². The van der Waals surface area contributed by atoms with Crippen LogP contribution in [0, 0.1) is 0 Å². The quantitative estimate of drug-likeness (QED) is 0.804. The zero-order chi connectivity index (χ0) is 16.2. The van der Waals surface area contributed by atoms with E-state index in [0.717, 1.165) is 4.47 Å². The van der Waals surface area contributed by atoms with Crippen LogP contribution in [0.2, 0.25) is 0 Å². The topological polar surface area (TPSA) is 72.5 Å². The fourth-order valence-corrected chi connectivity index (χ4v) is 3.30. The van der Waals surface area contributed by atoms with E-state index in [1.165, 1.54) is 13.2 Å². The molecule has 0 atom stereocenters. The molecule has 0 heterocycles. The molecule has 22 heavy (non-hydrogen) atoms. The SMILES string of the molecule is COC(=O)c1cccc(NS(=O)(=O)Cc2ccc(Br)cc2)c1. The molecular weight excluding hydrogens is 370 g/mol. The van der Waals surface area contributed by atoms with Crippen molar-refractivity contribution < 1.29 is 17.9 Å². The van der Waals surface area contributed by atoms with Gasteiger partial charge < -0.3 is 4.74 Å². The number of ether oxygens (including phenoxy) is 1. The highest BCUT2D eigenvalue weighted by Crippen LogP contribution is 2.17. The summed E-state index contributed by atoms with van der Waals surface area (Å²) in [7, 11) is -2.30. The molecule has 0 amide bonds. The molecule has 5 nitrogen and oxygen atoms in total. The Hall–Kier alpha value is -1.86. The number of esters is 1. The van der Waals surface area contributed by atoms with Crippen LogP contribution in [0.25, 0.3) is 0 Å². The highest BCUT2D eigenvalue weighted by atomic mass is 79.9. The number of hydrogen-bond donors (Lipinski definition) is 1. The van der Waals surface area contributed by atoms with Gasteiger partial charge in [0.2, 0.25) is 10.0 Å². The maximum atomic E-state index is 12.2. The normalized spacial score (nSPS) is 11.0. The summed E-state index contributed by atoms with van der Waals surface area (Å²) in [6.07, 6.45) is 0. The Kier molecular flexibility index (Phi) is 5.20. The van der Waals surface area contributed by atoms with E-state index < -0.39 is 16.0 Å². The van der Waals surface area contributed by atoms with Crippen LogP contribution >= 0.6 is 15.9 Å². The van der Waals surface area contributed by atoms with Crippen LogP contribution in [0.5, 0.6) is 0 Å². The molecule has 0 aliphatic rings. The zero-order valence-electron chi connectivity index (χ0n) is 11.7. The first kappa shape index (κ1) is 16.5. The summed E-state index contributed by atoms with van der Waals surface area (Å²) in [5, 5.41) is 0.